The van der Waals surface area contributed by atoms with E-state index in [2.05, 4.69) is 21.8 Å². The number of nitrogens with zero attached hydrogens (tertiary/aromatic N) is 4. The highest BCUT2D eigenvalue weighted by Gasteiger charge is 2.25. The van der Waals surface area contributed by atoms with Crippen LogP contribution in [-0.2, 0) is 4.79 Å². The van der Waals surface area contributed by atoms with Gasteiger partial charge < -0.3 is 20.3 Å². The number of nitrogens with one attached hydrogen (secondary N) is 1. The Morgan fingerprint density at radius 3 is 2.52 bits per heavy atom. The first kappa shape index (κ1) is 30.1. The summed E-state index contributed by atoms with van der Waals surface area (Å²) in [5, 5.41) is 8.59. The van der Waals surface area contributed by atoms with Gasteiger partial charge in [-0.2, -0.15) is 8.78 Å². The minimum Gasteiger partial charge on any atom is -0.451 e. The summed E-state index contributed by atoms with van der Waals surface area (Å²) in [5.41, 5.74) is 5.25. The highest BCUT2D eigenvalue weighted by atomic mass is 19.2. The lowest BCUT2D eigenvalue weighted by Gasteiger charge is -2.13. The Kier molecular flexibility index (Phi) is 9.17. The van der Waals surface area contributed by atoms with E-state index in [9.17, 15) is 22.4 Å². The van der Waals surface area contributed by atoms with Crippen LogP contribution in [0, 0.1) is 52.3 Å². The maximum atomic E-state index is 15.1. The van der Waals surface area contributed by atoms with Crippen LogP contribution < -0.4 is 10.5 Å². The van der Waals surface area contributed by atoms with Gasteiger partial charge in [0.1, 0.15) is 29.4 Å². The Balaban J connectivity index is 1.53. The van der Waals surface area contributed by atoms with E-state index in [1.165, 1.54) is 6.08 Å². The highest BCUT2D eigenvalue weighted by Crippen LogP contribution is 2.32. The number of ether oxygens (including phenoxy) is 1. The number of nitrogen functional groups attached to an aromatic ring is 1. The van der Waals surface area contributed by atoms with Crippen LogP contribution in [0.25, 0.3) is 0 Å². The third kappa shape index (κ3) is 6.72. The molecule has 1 amide bonds. The number of carbonyl (C=O) groups is 1. The third-order valence-electron chi connectivity index (χ3n) is 6.25. The van der Waals surface area contributed by atoms with Crippen molar-refractivity contribution in [3.63, 3.8) is 0 Å². The van der Waals surface area contributed by atoms with Crippen molar-refractivity contribution in [2.24, 2.45) is 5.92 Å². The highest BCUT2D eigenvalue weighted by molar-refractivity contribution is 6.14. The quantitative estimate of drug-likeness (QED) is 0.141. The predicted octanol–water partition coefficient (Wildman–Crippen LogP) is 4.28. The van der Waals surface area contributed by atoms with E-state index < -0.39 is 46.3 Å². The summed E-state index contributed by atoms with van der Waals surface area (Å²) >= 11 is 0. The molecule has 2 heterocycles. The lowest BCUT2D eigenvalue weighted by atomic mass is 10.00. The molecule has 0 saturated carbocycles. The molecule has 0 bridgehead atoms. The van der Waals surface area contributed by atoms with Crippen molar-refractivity contribution in [1.82, 2.24) is 19.8 Å². The maximum absolute atomic E-state index is 15.1. The normalized spacial score (nSPS) is 14.8. The zero-order valence-corrected chi connectivity index (χ0v) is 22.5. The average molecular weight is 585 g/mol. The minimum atomic E-state index is -1.79. The number of hydrogen-bond acceptors (Lipinski definition) is 7. The molecule has 4 rings (SSSR count). The van der Waals surface area contributed by atoms with Gasteiger partial charge >= 0.3 is 0 Å². The van der Waals surface area contributed by atoms with Crippen molar-refractivity contribution in [1.29, 1.82) is 5.41 Å². The SMILES string of the molecule is CN(C)C/C=C/C(=O)N1CC[C@@H](C#Cc2ncnc(N)c2C(=N)c2ccc(Oc3c(F)c(F)cc(F)c3F)cc2F)C1. The topological polar surface area (TPSA) is 108 Å². The second-order valence-electron chi connectivity index (χ2n) is 9.60. The van der Waals surface area contributed by atoms with E-state index in [0.717, 1.165) is 18.5 Å². The van der Waals surface area contributed by atoms with E-state index in [1.54, 1.807) is 11.0 Å². The first-order valence-corrected chi connectivity index (χ1v) is 12.6. The van der Waals surface area contributed by atoms with Crippen molar-refractivity contribution < 1.29 is 31.5 Å². The molecule has 0 unspecified atom stereocenters. The predicted molar refractivity (Wildman–Crippen MR) is 144 cm³/mol. The van der Waals surface area contributed by atoms with Crippen molar-refractivity contribution in [2.75, 3.05) is 39.5 Å². The number of nitrogens with two attached hydrogens (primary N) is 1. The Labute approximate surface area is 238 Å². The van der Waals surface area contributed by atoms with E-state index in [1.807, 2.05) is 19.0 Å². The van der Waals surface area contributed by atoms with Gasteiger partial charge in [0.15, 0.2) is 11.6 Å². The molecule has 3 aromatic rings. The molecule has 3 N–H and O–H groups in total. The standard InChI is InChI=1S/C29H25F5N6O2/c1-39(2)10-3-4-23(41)40-11-9-16(14-40)5-8-22-24(29(36)38-15-37-22)27(35)18-7-6-17(12-19(18)30)42-28-25(33)20(31)13-21(32)26(28)34/h3-4,6-7,12-13,15-16,35H,9-11,14H2,1-2H3,(H2,36,37,38)/b4-3+,35-27?/t16-/m1/s1. The molecule has 1 atom stereocenters. The zero-order valence-electron chi connectivity index (χ0n) is 22.5. The van der Waals surface area contributed by atoms with Crippen LogP contribution in [0.5, 0.6) is 11.5 Å². The summed E-state index contributed by atoms with van der Waals surface area (Å²) in [7, 11) is 3.79. The molecule has 1 fully saturated rings. The third-order valence-corrected chi connectivity index (χ3v) is 6.25. The van der Waals surface area contributed by atoms with Crippen molar-refractivity contribution in [3.05, 3.63) is 88.7 Å². The monoisotopic (exact) mass is 584 g/mol. The smallest absolute Gasteiger partial charge is 0.246 e. The Morgan fingerprint density at radius 2 is 1.86 bits per heavy atom. The second-order valence-corrected chi connectivity index (χ2v) is 9.60. The summed E-state index contributed by atoms with van der Waals surface area (Å²) in [6, 6.07) is 2.82. The van der Waals surface area contributed by atoms with Crippen LogP contribution in [-0.4, -0.2) is 65.1 Å². The Hall–Kier alpha value is -4.83. The molecular formula is C29H25F5N6O2. The summed E-state index contributed by atoms with van der Waals surface area (Å²) < 4.78 is 74.9. The summed E-state index contributed by atoms with van der Waals surface area (Å²) in [6.07, 6.45) is 5.07. The molecule has 0 aliphatic carbocycles. The molecule has 1 aliphatic heterocycles. The zero-order chi connectivity index (χ0) is 30.6. The largest absolute Gasteiger partial charge is 0.451 e. The number of benzene rings is 2. The van der Waals surface area contributed by atoms with Gasteiger partial charge in [0.05, 0.1) is 11.3 Å². The number of amides is 1. The fourth-order valence-corrected chi connectivity index (χ4v) is 4.11. The molecule has 1 aromatic heterocycles. The van der Waals surface area contributed by atoms with Gasteiger partial charge in [0.25, 0.3) is 0 Å². The number of rotatable bonds is 7. The van der Waals surface area contributed by atoms with Crippen LogP contribution in [0.1, 0.15) is 23.2 Å². The molecule has 2 aromatic carbocycles. The van der Waals surface area contributed by atoms with E-state index in [0.29, 0.717) is 32.1 Å². The molecule has 8 nitrogen and oxygen atoms in total. The van der Waals surface area contributed by atoms with Crippen LogP contribution >= 0.6 is 0 Å². The lowest BCUT2D eigenvalue weighted by Crippen LogP contribution is -2.27. The molecule has 42 heavy (non-hydrogen) atoms. The van der Waals surface area contributed by atoms with E-state index >= 15 is 4.39 Å². The molecule has 1 saturated heterocycles. The summed E-state index contributed by atoms with van der Waals surface area (Å²) in [4.78, 5) is 24.0. The van der Waals surface area contributed by atoms with Crippen LogP contribution in [0.2, 0.25) is 0 Å². The number of aromatic nitrogens is 2. The van der Waals surface area contributed by atoms with Gasteiger partial charge in [-0.1, -0.05) is 12.0 Å². The average Bonchev–Trinajstić information content (AvgIpc) is 3.42. The van der Waals surface area contributed by atoms with Crippen molar-refractivity contribution in [3.8, 4) is 23.3 Å². The lowest BCUT2D eigenvalue weighted by molar-refractivity contribution is -0.125. The van der Waals surface area contributed by atoms with Crippen LogP contribution in [0.3, 0.4) is 0 Å². The second kappa shape index (κ2) is 12.8. The van der Waals surface area contributed by atoms with E-state index in [4.69, 9.17) is 15.9 Å². The number of hydrogen-bond donors (Lipinski definition) is 2. The Bertz CT molecular complexity index is 1610. The van der Waals surface area contributed by atoms with Gasteiger partial charge in [0.2, 0.25) is 23.3 Å². The number of anilines is 1. The van der Waals surface area contributed by atoms with Crippen molar-refractivity contribution in [2.45, 2.75) is 6.42 Å². The van der Waals surface area contributed by atoms with E-state index in [-0.39, 0.29) is 40.5 Å². The first-order chi connectivity index (χ1) is 20.0. The molecular weight excluding hydrogens is 559 g/mol. The Morgan fingerprint density at radius 1 is 1.14 bits per heavy atom. The van der Waals surface area contributed by atoms with Crippen LogP contribution in [0.15, 0.2) is 42.7 Å². The van der Waals surface area contributed by atoms with Gasteiger partial charge in [-0.25, -0.2) is 23.1 Å². The van der Waals surface area contributed by atoms with Gasteiger partial charge in [-0.05, 0) is 38.6 Å². The molecule has 0 radical (unpaired) electrons. The molecule has 0 spiro atoms. The summed E-state index contributed by atoms with van der Waals surface area (Å²) in [5.74, 6) is -4.43. The minimum absolute atomic E-state index is 0.0164. The van der Waals surface area contributed by atoms with Crippen LogP contribution in [0.4, 0.5) is 27.8 Å². The van der Waals surface area contributed by atoms with Crippen molar-refractivity contribution >= 4 is 17.4 Å². The fourth-order valence-electron chi connectivity index (χ4n) is 4.11. The molecule has 1 aliphatic rings. The fraction of sp³-hybridized carbons (Fsp3) is 0.241. The number of carbonyl (C=O) groups excluding carboxylic acids is 1. The number of likely N-dealkylation sites (N-methyl/N-ethyl adjacent to an activating group) is 1. The van der Waals surface area contributed by atoms with Gasteiger partial charge in [0, 0.05) is 49.3 Å². The number of likely N-dealkylation sites (tertiary alicyclic amines) is 1. The van der Waals surface area contributed by atoms with Gasteiger partial charge in [-0.3, -0.25) is 10.2 Å². The first-order valence-electron chi connectivity index (χ1n) is 12.6. The number of halogens is 5. The maximum Gasteiger partial charge on any atom is 0.246 e. The summed E-state index contributed by atoms with van der Waals surface area (Å²) in [6.45, 7) is 1.56. The van der Waals surface area contributed by atoms with Gasteiger partial charge in [-0.15, -0.1) is 0 Å². The molecule has 218 valence electrons. The molecule has 13 heteroatoms.